The molecule has 29 heavy (non-hydrogen) atoms. The second-order valence-corrected chi connectivity index (χ2v) is 7.49. The molecule has 152 valence electrons. The van der Waals surface area contributed by atoms with Gasteiger partial charge in [-0.15, -0.1) is 0 Å². The zero-order valence-corrected chi connectivity index (χ0v) is 16.6. The molecule has 0 atom stereocenters. The third-order valence-electron chi connectivity index (χ3n) is 5.58. The lowest BCUT2D eigenvalue weighted by Gasteiger charge is -2.34. The summed E-state index contributed by atoms with van der Waals surface area (Å²) in [4.78, 5) is 30.7. The van der Waals surface area contributed by atoms with Gasteiger partial charge in [0.1, 0.15) is 12.4 Å². The summed E-state index contributed by atoms with van der Waals surface area (Å²) in [6, 6.07) is 17.3. The van der Waals surface area contributed by atoms with Gasteiger partial charge in [0.05, 0.1) is 0 Å². The van der Waals surface area contributed by atoms with Gasteiger partial charge in [-0.2, -0.15) is 0 Å². The maximum Gasteiger partial charge on any atom is 0.253 e. The van der Waals surface area contributed by atoms with E-state index in [2.05, 4.69) is 4.90 Å². The number of anilines is 1. The molecule has 6 heteroatoms. The van der Waals surface area contributed by atoms with Crippen molar-refractivity contribution in [3.8, 4) is 5.75 Å². The molecule has 2 aliphatic rings. The zero-order valence-electron chi connectivity index (χ0n) is 16.6. The van der Waals surface area contributed by atoms with Gasteiger partial charge in [0.25, 0.3) is 5.91 Å². The minimum atomic E-state index is 0.0597. The van der Waals surface area contributed by atoms with Crippen LogP contribution in [0.4, 0.5) is 5.69 Å². The van der Waals surface area contributed by atoms with Crippen LogP contribution in [0.3, 0.4) is 0 Å². The quantitative estimate of drug-likeness (QED) is 0.757. The molecule has 0 aliphatic carbocycles. The molecule has 2 aromatic rings. The van der Waals surface area contributed by atoms with Crippen molar-refractivity contribution in [2.24, 2.45) is 0 Å². The zero-order chi connectivity index (χ0) is 20.1. The number of benzene rings is 2. The third-order valence-corrected chi connectivity index (χ3v) is 5.58. The van der Waals surface area contributed by atoms with Crippen LogP contribution in [0, 0.1) is 0 Å². The number of hydrogen-bond acceptors (Lipinski definition) is 4. The Bertz CT molecular complexity index is 830. The van der Waals surface area contributed by atoms with Crippen LogP contribution in [0.25, 0.3) is 0 Å². The molecule has 0 radical (unpaired) electrons. The maximum absolute atomic E-state index is 12.8. The van der Waals surface area contributed by atoms with Crippen LogP contribution in [-0.2, 0) is 4.79 Å². The minimum absolute atomic E-state index is 0.0597. The highest BCUT2D eigenvalue weighted by molar-refractivity contribution is 5.97. The third kappa shape index (κ3) is 4.77. The Kier molecular flexibility index (Phi) is 6.10. The molecule has 2 fully saturated rings. The lowest BCUT2D eigenvalue weighted by Crippen LogP contribution is -2.49. The van der Waals surface area contributed by atoms with E-state index in [-0.39, 0.29) is 11.8 Å². The summed E-state index contributed by atoms with van der Waals surface area (Å²) in [6.07, 6.45) is 1.52. The SMILES string of the molecule is O=C(c1ccc(N2CCCC2=O)cc1)N1CCN(CCOc2ccccc2)CC1. The summed E-state index contributed by atoms with van der Waals surface area (Å²) in [5, 5.41) is 0. The van der Waals surface area contributed by atoms with Gasteiger partial charge in [0.15, 0.2) is 0 Å². The van der Waals surface area contributed by atoms with Gasteiger partial charge >= 0.3 is 0 Å². The number of rotatable bonds is 6. The van der Waals surface area contributed by atoms with Crippen molar-refractivity contribution in [1.82, 2.24) is 9.80 Å². The second-order valence-electron chi connectivity index (χ2n) is 7.49. The van der Waals surface area contributed by atoms with Crippen LogP contribution in [0.2, 0.25) is 0 Å². The molecule has 0 aromatic heterocycles. The number of para-hydroxylation sites is 1. The van der Waals surface area contributed by atoms with Crippen LogP contribution in [0.15, 0.2) is 54.6 Å². The molecular weight excluding hydrogens is 366 g/mol. The van der Waals surface area contributed by atoms with Crippen molar-refractivity contribution >= 4 is 17.5 Å². The topological polar surface area (TPSA) is 53.1 Å². The van der Waals surface area contributed by atoms with Crippen molar-refractivity contribution in [1.29, 1.82) is 0 Å². The highest BCUT2D eigenvalue weighted by Crippen LogP contribution is 2.22. The summed E-state index contributed by atoms with van der Waals surface area (Å²) >= 11 is 0. The second kappa shape index (κ2) is 9.09. The van der Waals surface area contributed by atoms with E-state index in [9.17, 15) is 9.59 Å². The van der Waals surface area contributed by atoms with E-state index in [4.69, 9.17) is 4.74 Å². The fraction of sp³-hybridized carbons (Fsp3) is 0.391. The summed E-state index contributed by atoms with van der Waals surface area (Å²) in [7, 11) is 0. The molecule has 0 saturated carbocycles. The average molecular weight is 393 g/mol. The van der Waals surface area contributed by atoms with E-state index in [1.54, 1.807) is 4.90 Å². The summed E-state index contributed by atoms with van der Waals surface area (Å²) in [5.74, 6) is 1.11. The predicted octanol–water partition coefficient (Wildman–Crippen LogP) is 2.65. The fourth-order valence-corrected chi connectivity index (χ4v) is 3.87. The van der Waals surface area contributed by atoms with Crippen molar-refractivity contribution in [3.63, 3.8) is 0 Å². The smallest absolute Gasteiger partial charge is 0.253 e. The van der Waals surface area contributed by atoms with E-state index < -0.39 is 0 Å². The highest BCUT2D eigenvalue weighted by atomic mass is 16.5. The van der Waals surface area contributed by atoms with Crippen molar-refractivity contribution in [2.75, 3.05) is 50.8 Å². The highest BCUT2D eigenvalue weighted by Gasteiger charge is 2.24. The number of piperazine rings is 1. The van der Waals surface area contributed by atoms with E-state index in [1.807, 2.05) is 59.5 Å². The monoisotopic (exact) mass is 393 g/mol. The Hall–Kier alpha value is -2.86. The number of hydrogen-bond donors (Lipinski definition) is 0. The van der Waals surface area contributed by atoms with Crippen LogP contribution in [-0.4, -0.2) is 67.5 Å². The fourth-order valence-electron chi connectivity index (χ4n) is 3.87. The van der Waals surface area contributed by atoms with Crippen molar-refractivity contribution in [3.05, 3.63) is 60.2 Å². The molecular formula is C23H27N3O3. The molecule has 0 unspecified atom stereocenters. The standard InChI is InChI=1S/C23H27N3O3/c27-22-7-4-12-26(22)20-10-8-19(9-11-20)23(28)25-15-13-24(14-16-25)17-18-29-21-5-2-1-3-6-21/h1-3,5-6,8-11H,4,7,12-18H2. The molecule has 2 aromatic carbocycles. The Morgan fingerprint density at radius 3 is 2.28 bits per heavy atom. The molecule has 6 nitrogen and oxygen atoms in total. The van der Waals surface area contributed by atoms with Crippen LogP contribution in [0.1, 0.15) is 23.2 Å². The lowest BCUT2D eigenvalue weighted by atomic mass is 10.1. The van der Waals surface area contributed by atoms with Crippen LogP contribution in [0.5, 0.6) is 5.75 Å². The van der Waals surface area contributed by atoms with Crippen LogP contribution >= 0.6 is 0 Å². The summed E-state index contributed by atoms with van der Waals surface area (Å²) < 4.78 is 5.76. The molecule has 0 N–H and O–H groups in total. The van der Waals surface area contributed by atoms with Crippen LogP contribution < -0.4 is 9.64 Å². The maximum atomic E-state index is 12.8. The summed E-state index contributed by atoms with van der Waals surface area (Å²) in [5.41, 5.74) is 1.56. The first-order valence-electron chi connectivity index (χ1n) is 10.3. The molecule has 2 aliphatic heterocycles. The summed E-state index contributed by atoms with van der Waals surface area (Å²) in [6.45, 7) is 5.41. The number of amides is 2. The van der Waals surface area contributed by atoms with E-state index in [0.717, 1.165) is 57.1 Å². The molecule has 2 amide bonds. The van der Waals surface area contributed by atoms with Gasteiger partial charge in [-0.3, -0.25) is 14.5 Å². The average Bonchev–Trinajstić information content (AvgIpc) is 3.20. The Morgan fingerprint density at radius 2 is 1.62 bits per heavy atom. The minimum Gasteiger partial charge on any atom is -0.492 e. The number of nitrogens with zero attached hydrogens (tertiary/aromatic N) is 3. The molecule has 0 bridgehead atoms. The number of ether oxygens (including phenoxy) is 1. The van der Waals surface area contributed by atoms with Gasteiger partial charge in [0.2, 0.25) is 5.91 Å². The van der Waals surface area contributed by atoms with Gasteiger partial charge in [-0.25, -0.2) is 0 Å². The lowest BCUT2D eigenvalue weighted by molar-refractivity contribution is -0.117. The van der Waals surface area contributed by atoms with Gasteiger partial charge in [0, 0.05) is 56.9 Å². The van der Waals surface area contributed by atoms with E-state index in [0.29, 0.717) is 18.6 Å². The first-order chi connectivity index (χ1) is 14.2. The first kappa shape index (κ1) is 19.5. The largest absolute Gasteiger partial charge is 0.492 e. The van der Waals surface area contributed by atoms with Gasteiger partial charge in [-0.1, -0.05) is 18.2 Å². The van der Waals surface area contributed by atoms with E-state index >= 15 is 0 Å². The Balaban J connectivity index is 1.24. The van der Waals surface area contributed by atoms with Gasteiger partial charge in [-0.05, 0) is 42.8 Å². The number of carbonyl (C=O) groups is 2. The molecule has 4 rings (SSSR count). The Labute approximate surface area is 171 Å². The molecule has 2 heterocycles. The molecule has 2 saturated heterocycles. The van der Waals surface area contributed by atoms with Crippen molar-refractivity contribution in [2.45, 2.75) is 12.8 Å². The van der Waals surface area contributed by atoms with Crippen molar-refractivity contribution < 1.29 is 14.3 Å². The normalized spacial score (nSPS) is 17.6. The Morgan fingerprint density at radius 1 is 0.897 bits per heavy atom. The number of carbonyl (C=O) groups excluding carboxylic acids is 2. The molecule has 0 spiro atoms. The van der Waals surface area contributed by atoms with Gasteiger partial charge < -0.3 is 14.5 Å². The first-order valence-corrected chi connectivity index (χ1v) is 10.3. The predicted molar refractivity (Wildman–Crippen MR) is 112 cm³/mol. The van der Waals surface area contributed by atoms with E-state index in [1.165, 1.54) is 0 Å².